The lowest BCUT2D eigenvalue weighted by Gasteiger charge is -2.34. The molecule has 4 aliphatic heterocycles. The number of aliphatic imine (C=N–C) groups is 1. The normalized spacial score (nSPS) is 25.0. The van der Waals surface area contributed by atoms with Crippen LogP contribution in [0.5, 0.6) is 0 Å². The quantitative estimate of drug-likeness (QED) is 0.699. The summed E-state index contributed by atoms with van der Waals surface area (Å²) >= 11 is 7.25. The number of carbonyl (C=O) groups is 3. The number of thioether (sulfide) groups is 1. The van der Waals surface area contributed by atoms with Crippen LogP contribution >= 0.6 is 23.4 Å². The first-order valence-electron chi connectivity index (χ1n) is 10.5. The Bertz CT molecular complexity index is 1010. The van der Waals surface area contributed by atoms with Gasteiger partial charge in [0.15, 0.2) is 0 Å². The number of nitrogens with one attached hydrogen (secondary N) is 1. The van der Waals surface area contributed by atoms with Crippen LogP contribution in [0.3, 0.4) is 0 Å². The van der Waals surface area contributed by atoms with Crippen LogP contribution < -0.4 is 10.2 Å². The highest BCUT2D eigenvalue weighted by molar-refractivity contribution is 8.06. The minimum atomic E-state index is -0.441. The van der Waals surface area contributed by atoms with Crippen molar-refractivity contribution in [2.24, 2.45) is 4.99 Å². The molecule has 2 saturated heterocycles. The molecule has 0 spiro atoms. The van der Waals surface area contributed by atoms with Gasteiger partial charge in [-0.1, -0.05) is 17.7 Å². The molecule has 5 rings (SSSR count). The van der Waals surface area contributed by atoms with Crippen molar-refractivity contribution in [3.8, 4) is 0 Å². The molecule has 0 radical (unpaired) electrons. The fraction of sp³-hybridized carbons (Fsp3) is 0.429. The van der Waals surface area contributed by atoms with Gasteiger partial charge < -0.3 is 10.1 Å². The van der Waals surface area contributed by atoms with Gasteiger partial charge in [-0.25, -0.2) is 4.79 Å². The summed E-state index contributed by atoms with van der Waals surface area (Å²) in [7, 11) is 0. The Hall–Kier alpha value is -2.72. The van der Waals surface area contributed by atoms with Crippen LogP contribution in [0.15, 0.2) is 39.7 Å². The molecule has 168 valence electrons. The van der Waals surface area contributed by atoms with Crippen LogP contribution in [-0.4, -0.2) is 77.8 Å². The van der Waals surface area contributed by atoms with Gasteiger partial charge in [-0.05, 0) is 30.7 Å². The van der Waals surface area contributed by atoms with Crippen molar-refractivity contribution in [3.63, 3.8) is 0 Å². The van der Waals surface area contributed by atoms with E-state index >= 15 is 0 Å². The summed E-state index contributed by atoms with van der Waals surface area (Å²) in [6.07, 6.45) is 2.07. The molecule has 1 aromatic carbocycles. The topological polar surface area (TPSA) is 94.5 Å². The second-order valence-corrected chi connectivity index (χ2v) is 9.73. The van der Waals surface area contributed by atoms with Crippen LogP contribution in [0.4, 0.5) is 10.5 Å². The third-order valence-electron chi connectivity index (χ3n) is 5.79. The van der Waals surface area contributed by atoms with E-state index in [4.69, 9.17) is 16.3 Å². The Morgan fingerprint density at radius 3 is 2.78 bits per heavy atom. The lowest BCUT2D eigenvalue weighted by Crippen LogP contribution is -2.47. The maximum absolute atomic E-state index is 12.4. The first-order chi connectivity index (χ1) is 15.5. The van der Waals surface area contributed by atoms with Crippen molar-refractivity contribution in [2.75, 3.05) is 37.6 Å². The number of rotatable bonds is 5. The Morgan fingerprint density at radius 1 is 1.22 bits per heavy atom. The summed E-state index contributed by atoms with van der Waals surface area (Å²) in [6, 6.07) is 7.49. The second kappa shape index (κ2) is 8.67. The van der Waals surface area contributed by atoms with Crippen LogP contribution in [0.1, 0.15) is 18.4 Å². The minimum absolute atomic E-state index is 0.108. The van der Waals surface area contributed by atoms with Crippen molar-refractivity contribution in [1.82, 2.24) is 15.3 Å². The number of amides is 3. The molecule has 1 aromatic rings. The molecule has 0 aliphatic carbocycles. The van der Waals surface area contributed by atoms with Crippen molar-refractivity contribution in [2.45, 2.75) is 24.2 Å². The van der Waals surface area contributed by atoms with Gasteiger partial charge in [0.25, 0.3) is 0 Å². The molecule has 1 unspecified atom stereocenters. The molecule has 3 amide bonds. The molecule has 4 heterocycles. The number of fused-ring (bicyclic) bond motifs is 1. The van der Waals surface area contributed by atoms with E-state index in [9.17, 15) is 14.4 Å². The lowest BCUT2D eigenvalue weighted by molar-refractivity contribution is -0.134. The molecular formula is C21H22ClN5O4S. The van der Waals surface area contributed by atoms with Crippen LogP contribution in [0.2, 0.25) is 0 Å². The van der Waals surface area contributed by atoms with Gasteiger partial charge in [-0.3, -0.25) is 29.5 Å². The Labute approximate surface area is 194 Å². The van der Waals surface area contributed by atoms with Crippen molar-refractivity contribution < 1.29 is 19.1 Å². The third kappa shape index (κ3) is 4.04. The van der Waals surface area contributed by atoms with Gasteiger partial charge in [-0.15, -0.1) is 11.8 Å². The zero-order valence-electron chi connectivity index (χ0n) is 17.2. The zero-order chi connectivity index (χ0) is 22.2. The summed E-state index contributed by atoms with van der Waals surface area (Å²) in [5.74, 6) is 0.791. The average Bonchev–Trinajstić information content (AvgIpc) is 3.51. The molecule has 32 heavy (non-hydrogen) atoms. The number of benzene rings is 1. The van der Waals surface area contributed by atoms with Crippen LogP contribution in [0.25, 0.3) is 0 Å². The molecule has 0 aromatic heterocycles. The number of nitrogens with zero attached hydrogens (tertiary/aromatic N) is 4. The van der Waals surface area contributed by atoms with E-state index in [1.807, 2.05) is 35.4 Å². The number of carbonyl (C=O) groups excluding carboxylic acids is 3. The van der Waals surface area contributed by atoms with E-state index in [1.165, 1.54) is 11.8 Å². The average molecular weight is 476 g/mol. The predicted octanol–water partition coefficient (Wildman–Crippen LogP) is 1.92. The molecule has 2 atom stereocenters. The number of allylic oxidation sites excluding steroid dienone is 1. The minimum Gasteiger partial charge on any atom is -0.442 e. The molecule has 9 nitrogen and oxygen atoms in total. The van der Waals surface area contributed by atoms with E-state index in [-0.39, 0.29) is 23.6 Å². The van der Waals surface area contributed by atoms with Gasteiger partial charge in [0.1, 0.15) is 11.9 Å². The van der Waals surface area contributed by atoms with E-state index in [0.717, 1.165) is 11.4 Å². The fourth-order valence-electron chi connectivity index (χ4n) is 4.17. The zero-order valence-corrected chi connectivity index (χ0v) is 18.8. The maximum atomic E-state index is 12.4. The summed E-state index contributed by atoms with van der Waals surface area (Å²) < 4.78 is 6.06. The first-order valence-corrected chi connectivity index (χ1v) is 11.8. The molecule has 4 aliphatic rings. The Balaban J connectivity index is 1.19. The maximum Gasteiger partial charge on any atom is 0.414 e. The Kier molecular flexibility index (Phi) is 5.73. The molecule has 0 bridgehead atoms. The van der Waals surface area contributed by atoms with Gasteiger partial charge in [0, 0.05) is 17.7 Å². The van der Waals surface area contributed by atoms with Crippen molar-refractivity contribution in [3.05, 3.63) is 40.3 Å². The number of anilines is 1. The van der Waals surface area contributed by atoms with Crippen LogP contribution in [0, 0.1) is 0 Å². The van der Waals surface area contributed by atoms with Gasteiger partial charge >= 0.3 is 6.09 Å². The van der Waals surface area contributed by atoms with Crippen molar-refractivity contribution >= 4 is 52.8 Å². The van der Waals surface area contributed by atoms with Gasteiger partial charge in [-0.2, -0.15) is 0 Å². The number of cyclic esters (lactones) is 1. The second-order valence-electron chi connectivity index (χ2n) is 7.85. The lowest BCUT2D eigenvalue weighted by atomic mass is 10.1. The molecule has 2 fully saturated rings. The van der Waals surface area contributed by atoms with Crippen molar-refractivity contribution in [1.29, 1.82) is 0 Å². The SMILES string of the molecule is O=C(NC[C@H]1CN(c2ccc(C3=NCCN4C(=O)CCN34)cc2)C(=O)O1)C1CC=C(Cl)S1. The monoisotopic (exact) mass is 475 g/mol. The summed E-state index contributed by atoms with van der Waals surface area (Å²) in [6.45, 7) is 2.43. The smallest absolute Gasteiger partial charge is 0.414 e. The number of halogens is 1. The van der Waals surface area contributed by atoms with E-state index in [0.29, 0.717) is 49.1 Å². The molecule has 1 N–H and O–H groups in total. The van der Waals surface area contributed by atoms with E-state index in [2.05, 4.69) is 10.3 Å². The number of hydrazine groups is 1. The predicted molar refractivity (Wildman–Crippen MR) is 121 cm³/mol. The highest BCUT2D eigenvalue weighted by atomic mass is 35.5. The number of hydrogen-bond acceptors (Lipinski definition) is 7. The standard InChI is InChI=1S/C21H22ClN5O4S/c22-17-6-5-16(32-17)20(29)24-11-15-12-25(21(30)31-15)14-3-1-13(2-4-14)19-23-8-10-26-18(28)7-9-27(19)26/h1-4,6,15-16H,5,7-12H2,(H,24,29)/t15-,16?/m0/s1. The highest BCUT2D eigenvalue weighted by Crippen LogP contribution is 2.34. The number of ether oxygens (including phenoxy) is 1. The van der Waals surface area contributed by atoms with Gasteiger partial charge in [0.2, 0.25) is 11.8 Å². The number of amidine groups is 1. The largest absolute Gasteiger partial charge is 0.442 e. The van der Waals surface area contributed by atoms with Gasteiger partial charge in [0.05, 0.1) is 42.3 Å². The first kappa shape index (κ1) is 21.1. The third-order valence-corrected chi connectivity index (χ3v) is 7.29. The number of hydrogen-bond donors (Lipinski definition) is 1. The summed E-state index contributed by atoms with van der Waals surface area (Å²) in [5.41, 5.74) is 1.60. The summed E-state index contributed by atoms with van der Waals surface area (Å²) in [5, 5.41) is 6.30. The molecular weight excluding hydrogens is 454 g/mol. The van der Waals surface area contributed by atoms with E-state index in [1.54, 1.807) is 9.91 Å². The summed E-state index contributed by atoms with van der Waals surface area (Å²) in [4.78, 5) is 42.8. The van der Waals surface area contributed by atoms with E-state index < -0.39 is 12.2 Å². The molecule has 0 saturated carbocycles. The Morgan fingerprint density at radius 2 is 2.03 bits per heavy atom. The van der Waals surface area contributed by atoms with Crippen LogP contribution in [-0.2, 0) is 14.3 Å². The molecule has 11 heteroatoms. The fourth-order valence-corrected chi connectivity index (χ4v) is 5.43. The highest BCUT2D eigenvalue weighted by Gasteiger charge is 2.35.